The molecule has 0 bridgehead atoms. The summed E-state index contributed by atoms with van der Waals surface area (Å²) in [4.78, 5) is 0. The Hall–Kier alpha value is -0.180. The van der Waals surface area contributed by atoms with Crippen LogP contribution in [0, 0.1) is 5.92 Å². The molecule has 0 aliphatic heterocycles. The zero-order chi connectivity index (χ0) is 8.70. The molecule has 66 valence electrons. The molecule has 1 rings (SSSR count). The molecule has 2 unspecified atom stereocenters. The van der Waals surface area contributed by atoms with E-state index in [1.54, 1.807) is 6.92 Å². The molecule has 2 atom stereocenters. The number of rotatable bonds is 0. The van der Waals surface area contributed by atoms with Gasteiger partial charge < -0.3 is 5.11 Å². The number of halogens is 2. The molecule has 0 saturated heterocycles. The van der Waals surface area contributed by atoms with Crippen LogP contribution in [0.3, 0.4) is 0 Å². The highest BCUT2D eigenvalue weighted by Gasteiger charge is 2.44. The Balaban J connectivity index is 2.66. The maximum absolute atomic E-state index is 12.8. The maximum Gasteiger partial charge on any atom is 0.251 e. The summed E-state index contributed by atoms with van der Waals surface area (Å²) in [5.41, 5.74) is -1.17. The quantitative estimate of drug-likeness (QED) is 0.582. The average molecular weight is 164 g/mol. The van der Waals surface area contributed by atoms with Crippen molar-refractivity contribution in [3.63, 3.8) is 0 Å². The van der Waals surface area contributed by atoms with E-state index in [0.29, 0.717) is 6.42 Å². The van der Waals surface area contributed by atoms with Crippen molar-refractivity contribution in [3.8, 4) is 0 Å². The van der Waals surface area contributed by atoms with Crippen LogP contribution in [-0.2, 0) is 0 Å². The van der Waals surface area contributed by atoms with Crippen LogP contribution < -0.4 is 0 Å². The van der Waals surface area contributed by atoms with Gasteiger partial charge in [-0.05, 0) is 19.3 Å². The Labute approximate surface area is 65.4 Å². The van der Waals surface area contributed by atoms with Crippen LogP contribution in [0.4, 0.5) is 8.78 Å². The van der Waals surface area contributed by atoms with Crippen molar-refractivity contribution < 1.29 is 13.9 Å². The van der Waals surface area contributed by atoms with E-state index in [1.165, 1.54) is 6.92 Å². The smallest absolute Gasteiger partial charge is 0.251 e. The Morgan fingerprint density at radius 1 is 1.36 bits per heavy atom. The van der Waals surface area contributed by atoms with Gasteiger partial charge in [-0.1, -0.05) is 6.92 Å². The minimum Gasteiger partial charge on any atom is -0.390 e. The molecule has 0 heterocycles. The second-order valence-corrected chi connectivity index (χ2v) is 4.04. The van der Waals surface area contributed by atoms with Crippen molar-refractivity contribution in [3.05, 3.63) is 0 Å². The van der Waals surface area contributed by atoms with Crippen LogP contribution in [0.2, 0.25) is 0 Å². The molecule has 1 fully saturated rings. The summed E-state index contributed by atoms with van der Waals surface area (Å²) < 4.78 is 25.6. The summed E-state index contributed by atoms with van der Waals surface area (Å²) >= 11 is 0. The van der Waals surface area contributed by atoms with Crippen LogP contribution in [0.15, 0.2) is 0 Å². The molecule has 1 nitrogen and oxygen atoms in total. The molecule has 0 spiro atoms. The molecule has 1 aliphatic carbocycles. The number of hydrogen-bond donors (Lipinski definition) is 1. The van der Waals surface area contributed by atoms with Crippen molar-refractivity contribution in [2.75, 3.05) is 0 Å². The summed E-state index contributed by atoms with van der Waals surface area (Å²) in [5, 5.41) is 9.40. The van der Waals surface area contributed by atoms with Gasteiger partial charge in [0.25, 0.3) is 5.92 Å². The highest BCUT2D eigenvalue weighted by Crippen LogP contribution is 2.41. The van der Waals surface area contributed by atoms with Crippen LogP contribution in [-0.4, -0.2) is 16.6 Å². The van der Waals surface area contributed by atoms with E-state index in [1.807, 2.05) is 0 Å². The molecule has 0 amide bonds. The van der Waals surface area contributed by atoms with Gasteiger partial charge in [-0.25, -0.2) is 8.78 Å². The fraction of sp³-hybridized carbons (Fsp3) is 1.00. The lowest BCUT2D eigenvalue weighted by atomic mass is 9.78. The summed E-state index contributed by atoms with van der Waals surface area (Å²) in [5.74, 6) is -2.74. The van der Waals surface area contributed by atoms with Gasteiger partial charge in [-0.15, -0.1) is 0 Å². The van der Waals surface area contributed by atoms with Crippen LogP contribution in [0.5, 0.6) is 0 Å². The molecule has 3 heteroatoms. The molecule has 0 aromatic rings. The fourth-order valence-corrected chi connectivity index (χ4v) is 2.03. The van der Waals surface area contributed by atoms with Crippen molar-refractivity contribution in [2.24, 2.45) is 5.92 Å². The molecular weight excluding hydrogens is 150 g/mol. The third-order valence-corrected chi connectivity index (χ3v) is 2.07. The molecular formula is C8H14F2O. The topological polar surface area (TPSA) is 20.2 Å². The van der Waals surface area contributed by atoms with Gasteiger partial charge in [0.15, 0.2) is 0 Å². The van der Waals surface area contributed by atoms with Gasteiger partial charge in [0, 0.05) is 12.8 Å². The van der Waals surface area contributed by atoms with Crippen molar-refractivity contribution in [1.29, 1.82) is 0 Å². The molecule has 0 aromatic carbocycles. The van der Waals surface area contributed by atoms with Crippen molar-refractivity contribution >= 4 is 0 Å². The highest BCUT2D eigenvalue weighted by molar-refractivity contribution is 4.89. The van der Waals surface area contributed by atoms with Gasteiger partial charge in [-0.2, -0.15) is 0 Å². The fourth-order valence-electron chi connectivity index (χ4n) is 2.03. The van der Waals surface area contributed by atoms with Gasteiger partial charge in [0.1, 0.15) is 0 Å². The first kappa shape index (κ1) is 8.91. The van der Waals surface area contributed by atoms with E-state index < -0.39 is 11.5 Å². The second kappa shape index (κ2) is 2.41. The SMILES string of the molecule is CC1CC(C)(O)CC(F)(F)C1. The minimum absolute atomic E-state index is 0.0752. The monoisotopic (exact) mass is 164 g/mol. The Morgan fingerprint density at radius 2 is 1.91 bits per heavy atom. The lowest BCUT2D eigenvalue weighted by molar-refractivity contribution is -0.132. The summed E-state index contributed by atoms with van der Waals surface area (Å²) in [6.07, 6.45) is 0.0239. The predicted octanol–water partition coefficient (Wildman–Crippen LogP) is 2.19. The summed E-state index contributed by atoms with van der Waals surface area (Å²) in [6.45, 7) is 3.23. The zero-order valence-corrected chi connectivity index (χ0v) is 6.90. The Bertz CT molecular complexity index is 138. The summed E-state index contributed by atoms with van der Waals surface area (Å²) in [7, 11) is 0. The normalized spacial score (nSPS) is 43.9. The van der Waals surface area contributed by atoms with Crippen LogP contribution in [0.25, 0.3) is 0 Å². The largest absolute Gasteiger partial charge is 0.390 e. The third kappa shape index (κ3) is 2.40. The van der Waals surface area contributed by atoms with Crippen molar-refractivity contribution in [2.45, 2.75) is 44.6 Å². The molecule has 11 heavy (non-hydrogen) atoms. The van der Waals surface area contributed by atoms with E-state index >= 15 is 0 Å². The van der Waals surface area contributed by atoms with Gasteiger partial charge in [-0.3, -0.25) is 0 Å². The van der Waals surface area contributed by atoms with Crippen molar-refractivity contribution in [1.82, 2.24) is 0 Å². The van der Waals surface area contributed by atoms with E-state index in [9.17, 15) is 13.9 Å². The van der Waals surface area contributed by atoms with E-state index in [2.05, 4.69) is 0 Å². The predicted molar refractivity (Wildman–Crippen MR) is 38.6 cm³/mol. The molecule has 0 radical (unpaired) electrons. The molecule has 0 aromatic heterocycles. The second-order valence-electron chi connectivity index (χ2n) is 4.04. The first-order chi connectivity index (χ1) is 4.81. The van der Waals surface area contributed by atoms with Gasteiger partial charge >= 0.3 is 0 Å². The molecule has 1 aliphatic rings. The Morgan fingerprint density at radius 3 is 2.27 bits per heavy atom. The molecule has 1 saturated carbocycles. The maximum atomic E-state index is 12.8. The van der Waals surface area contributed by atoms with E-state index in [0.717, 1.165) is 0 Å². The van der Waals surface area contributed by atoms with Crippen LogP contribution in [0.1, 0.15) is 33.1 Å². The first-order valence-electron chi connectivity index (χ1n) is 3.91. The van der Waals surface area contributed by atoms with E-state index in [-0.39, 0.29) is 18.8 Å². The third-order valence-electron chi connectivity index (χ3n) is 2.07. The van der Waals surface area contributed by atoms with E-state index in [4.69, 9.17) is 0 Å². The zero-order valence-electron chi connectivity index (χ0n) is 6.90. The average Bonchev–Trinajstić information content (AvgIpc) is 1.49. The lowest BCUT2D eigenvalue weighted by Gasteiger charge is -2.37. The number of hydrogen-bond acceptors (Lipinski definition) is 1. The lowest BCUT2D eigenvalue weighted by Crippen LogP contribution is -2.41. The summed E-state index contributed by atoms with van der Waals surface area (Å²) in [6, 6.07) is 0. The Kier molecular flexibility index (Phi) is 1.95. The number of alkyl halides is 2. The minimum atomic E-state index is -2.67. The standard InChI is InChI=1S/C8H14F2O/c1-6-3-7(2,11)5-8(9,10)4-6/h6,11H,3-5H2,1-2H3. The van der Waals surface area contributed by atoms with Crippen LogP contribution >= 0.6 is 0 Å². The first-order valence-corrected chi connectivity index (χ1v) is 3.91. The highest BCUT2D eigenvalue weighted by atomic mass is 19.3. The number of aliphatic hydroxyl groups is 1. The van der Waals surface area contributed by atoms with Gasteiger partial charge in [0.05, 0.1) is 5.60 Å². The van der Waals surface area contributed by atoms with Gasteiger partial charge in [0.2, 0.25) is 0 Å². The molecule has 1 N–H and O–H groups in total.